The topological polar surface area (TPSA) is 35.5 Å². The van der Waals surface area contributed by atoms with Crippen molar-refractivity contribution in [2.75, 3.05) is 46.8 Å². The number of piperidine rings is 4. The first-order chi connectivity index (χ1) is 41.9. The van der Waals surface area contributed by atoms with Gasteiger partial charge in [0.2, 0.25) is 0 Å². The zero-order valence-corrected chi connectivity index (χ0v) is 50.1. The zero-order chi connectivity index (χ0) is 57.0. The number of benzene rings is 9. The fourth-order valence-corrected chi connectivity index (χ4v) is 16.8. The van der Waals surface area contributed by atoms with E-state index in [0.717, 1.165) is 64.8 Å². The van der Waals surface area contributed by atoms with E-state index in [2.05, 4.69) is 264 Å². The highest BCUT2D eigenvalue weighted by atomic mass is 15.4. The molecule has 10 aromatic rings. The summed E-state index contributed by atoms with van der Waals surface area (Å²) in [5.41, 5.74) is 22.1. The lowest BCUT2D eigenvalue weighted by molar-refractivity contribution is 0.133. The Bertz CT molecular complexity index is 3970. The molecule has 4 fully saturated rings. The highest BCUT2D eigenvalue weighted by molar-refractivity contribution is 6.21. The van der Waals surface area contributed by atoms with Gasteiger partial charge in [0.1, 0.15) is 5.69 Å². The van der Waals surface area contributed by atoms with Crippen LogP contribution in [0.3, 0.4) is 0 Å². The number of likely N-dealkylation sites (N-methyl/N-ethyl adjacent to an activating group) is 1. The second-order valence-electron chi connectivity index (χ2n) is 26.1. The maximum absolute atomic E-state index is 4.15. The quantitative estimate of drug-likeness (QED) is 0.120. The van der Waals surface area contributed by atoms with Crippen molar-refractivity contribution in [1.82, 2.24) is 29.5 Å². The van der Waals surface area contributed by atoms with Gasteiger partial charge in [-0.05, 0) is 170 Å². The van der Waals surface area contributed by atoms with Gasteiger partial charge in [-0.15, -0.1) is 0 Å². The minimum atomic E-state index is 0.273. The molecule has 0 radical (unpaired) electrons. The first-order valence-electron chi connectivity index (χ1n) is 32.3. The number of nitrogens with one attached hydrogen (secondary N) is 2. The van der Waals surface area contributed by atoms with Gasteiger partial charge in [0.05, 0.1) is 29.2 Å². The van der Waals surface area contributed by atoms with Crippen LogP contribution in [-0.4, -0.2) is 61.2 Å². The number of likely N-dealkylation sites (tertiary alicyclic amines) is 2. The van der Waals surface area contributed by atoms with Crippen molar-refractivity contribution in [1.29, 1.82) is 0 Å². The van der Waals surface area contributed by atoms with Gasteiger partial charge in [-0.3, -0.25) is 9.80 Å². The minimum absolute atomic E-state index is 0.273. The number of rotatable bonds is 12. The van der Waals surface area contributed by atoms with Gasteiger partial charge in [-0.25, -0.2) is 4.48 Å². The van der Waals surface area contributed by atoms with Crippen molar-refractivity contribution in [3.05, 3.63) is 263 Å². The Kier molecular flexibility index (Phi) is 14.7. The van der Waals surface area contributed by atoms with Crippen molar-refractivity contribution < 1.29 is 0 Å². The fourth-order valence-electron chi connectivity index (χ4n) is 16.8. The molecule has 1 aromatic heterocycles. The third-order valence-electron chi connectivity index (χ3n) is 21.2. The van der Waals surface area contributed by atoms with E-state index in [0.29, 0.717) is 40.2 Å². The molecule has 0 saturated carbocycles. The van der Waals surface area contributed by atoms with Crippen LogP contribution >= 0.6 is 0 Å². The second-order valence-corrected chi connectivity index (χ2v) is 26.1. The smallest absolute Gasteiger partial charge is 0.151 e. The molecule has 5 aliphatic rings. The van der Waals surface area contributed by atoms with E-state index in [1.165, 1.54) is 126 Å². The molecule has 6 heterocycles. The third-order valence-corrected chi connectivity index (χ3v) is 21.2. The predicted molar refractivity (Wildman–Crippen MR) is 355 cm³/mol. The Morgan fingerprint density at radius 3 is 1.54 bits per heavy atom. The summed E-state index contributed by atoms with van der Waals surface area (Å²) in [6, 6.07) is 85.5. The Labute approximate surface area is 504 Å². The standard InChI is InChI=1S/C79H83N6/c1-4-43-83-53-61(57-27-15-8-16-28-57)36-40-73(83)65-45-63(71-38-34-59(51-81-71)55-23-11-6-12-24-55)48-67(49-65)85(3)76-32-20-18-30-69(76)79-77(85)42-41-75-78(79)68-29-17-19-31-74(68)84(75)66-46-62(70-37-33-58(50-80-70)54-21-9-5-10-22-54)44-64(47-66)72-39-35-60(52-82(72)2)56-25-13-7-14-26-56/h5-32,41-42,44-49,58-61,70-73,80-81H,4,33-40,43,50-53H2,1-3H3/q+1. The molecular formula is C79H83N6+. The van der Waals surface area contributed by atoms with Gasteiger partial charge in [0, 0.05) is 91.1 Å². The largest absolute Gasteiger partial charge is 0.309 e. The van der Waals surface area contributed by atoms with Crippen LogP contribution in [0.1, 0.15) is 157 Å². The fraction of sp³-hybridized carbons (Fsp3) is 0.316. The van der Waals surface area contributed by atoms with Crippen LogP contribution in [0.2, 0.25) is 0 Å². The van der Waals surface area contributed by atoms with E-state index in [9.17, 15) is 0 Å². The molecular weight excluding hydrogens is 1030 g/mol. The molecule has 0 bridgehead atoms. The number of hydrogen-bond acceptors (Lipinski definition) is 4. The maximum atomic E-state index is 4.15. The highest BCUT2D eigenvalue weighted by Gasteiger charge is 2.46. The van der Waals surface area contributed by atoms with E-state index in [1.807, 2.05) is 0 Å². The number of fused-ring (bicyclic) bond motifs is 7. The van der Waals surface area contributed by atoms with Crippen molar-refractivity contribution in [2.45, 2.75) is 113 Å². The van der Waals surface area contributed by atoms with Crippen molar-refractivity contribution in [3.8, 4) is 16.8 Å². The molecule has 2 N–H and O–H groups in total. The van der Waals surface area contributed by atoms with Gasteiger partial charge >= 0.3 is 0 Å². The summed E-state index contributed by atoms with van der Waals surface area (Å²) in [7, 11) is 4.88. The molecule has 85 heavy (non-hydrogen) atoms. The first-order valence-corrected chi connectivity index (χ1v) is 32.3. The summed E-state index contributed by atoms with van der Waals surface area (Å²) in [5, 5.41) is 10.9. The zero-order valence-electron chi connectivity index (χ0n) is 50.1. The molecule has 9 aromatic carbocycles. The van der Waals surface area contributed by atoms with Gasteiger partial charge in [-0.2, -0.15) is 0 Å². The van der Waals surface area contributed by atoms with Crippen LogP contribution in [0.25, 0.3) is 38.6 Å². The Hall–Kier alpha value is -7.42. The van der Waals surface area contributed by atoms with Crippen LogP contribution in [0.5, 0.6) is 0 Å². The Morgan fingerprint density at radius 2 is 0.941 bits per heavy atom. The van der Waals surface area contributed by atoms with Gasteiger partial charge < -0.3 is 15.2 Å². The van der Waals surface area contributed by atoms with Crippen LogP contribution in [-0.2, 0) is 0 Å². The molecule has 9 unspecified atom stereocenters. The molecule has 428 valence electrons. The summed E-state index contributed by atoms with van der Waals surface area (Å²) in [4.78, 5) is 5.50. The van der Waals surface area contributed by atoms with E-state index in [-0.39, 0.29) is 12.1 Å². The summed E-state index contributed by atoms with van der Waals surface area (Å²) >= 11 is 0. The summed E-state index contributed by atoms with van der Waals surface area (Å²) in [6.07, 6.45) is 10.3. The maximum Gasteiger partial charge on any atom is 0.151 e. The monoisotopic (exact) mass is 1120 g/mol. The molecule has 6 nitrogen and oxygen atoms in total. The molecule has 9 atom stereocenters. The lowest BCUT2D eigenvalue weighted by Crippen LogP contribution is -2.38. The molecule has 0 spiro atoms. The van der Waals surface area contributed by atoms with Crippen LogP contribution in [0, 0.1) is 0 Å². The lowest BCUT2D eigenvalue weighted by atomic mass is 9.83. The number of nitrogens with zero attached hydrogens (tertiary/aromatic N) is 4. The molecule has 0 aliphatic carbocycles. The first kappa shape index (κ1) is 54.2. The Balaban J connectivity index is 0.857. The molecule has 6 heteroatoms. The van der Waals surface area contributed by atoms with Crippen LogP contribution in [0.4, 0.5) is 17.1 Å². The molecule has 4 saturated heterocycles. The average Bonchev–Trinajstić information content (AvgIpc) is 1.60. The summed E-state index contributed by atoms with van der Waals surface area (Å²) in [6.45, 7) is 7.57. The van der Waals surface area contributed by atoms with E-state index >= 15 is 0 Å². The second kappa shape index (κ2) is 23.1. The van der Waals surface area contributed by atoms with Crippen molar-refractivity contribution in [3.63, 3.8) is 0 Å². The minimum Gasteiger partial charge on any atom is -0.309 e. The number of quaternary nitrogens is 1. The third kappa shape index (κ3) is 9.98. The SMILES string of the molecule is CCCN1CC(c2ccccc2)CCC1c1cc(C2CCC(c3ccccc3)CN2)cc([N+]2(C)c3ccccc3-c3c2ccc2c3c3ccccc3n2-c2cc(C3CCC(c4ccccc4)CN3)cc(C3CCC(c4ccccc4)CN3C)c2)c1. The van der Waals surface area contributed by atoms with Crippen LogP contribution < -0.4 is 15.1 Å². The Morgan fingerprint density at radius 1 is 0.435 bits per heavy atom. The van der Waals surface area contributed by atoms with E-state index in [1.54, 1.807) is 0 Å². The number of hydrogen-bond donors (Lipinski definition) is 2. The summed E-state index contributed by atoms with van der Waals surface area (Å²) in [5.74, 6) is 2.12. The normalized spacial score (nSPS) is 25.4. The molecule has 5 aliphatic heterocycles. The molecule has 0 amide bonds. The van der Waals surface area contributed by atoms with Gasteiger partial charge in [0.25, 0.3) is 0 Å². The van der Waals surface area contributed by atoms with Crippen molar-refractivity contribution in [2.24, 2.45) is 0 Å². The van der Waals surface area contributed by atoms with E-state index in [4.69, 9.17) is 0 Å². The van der Waals surface area contributed by atoms with E-state index < -0.39 is 0 Å². The van der Waals surface area contributed by atoms with Gasteiger partial charge in [-0.1, -0.05) is 171 Å². The lowest BCUT2D eigenvalue weighted by Gasteiger charge is -2.41. The average molecular weight is 1120 g/mol. The molecule has 15 rings (SSSR count). The number of para-hydroxylation sites is 2. The number of aromatic nitrogens is 1. The summed E-state index contributed by atoms with van der Waals surface area (Å²) < 4.78 is 3.25. The van der Waals surface area contributed by atoms with Crippen LogP contribution in [0.15, 0.2) is 218 Å². The van der Waals surface area contributed by atoms with Crippen molar-refractivity contribution >= 4 is 38.9 Å². The predicted octanol–water partition coefficient (Wildman–Crippen LogP) is 18.7. The van der Waals surface area contributed by atoms with Gasteiger partial charge in [0.15, 0.2) is 11.4 Å². The highest BCUT2D eigenvalue weighted by Crippen LogP contribution is 2.60.